The van der Waals surface area contributed by atoms with Crippen molar-refractivity contribution in [3.05, 3.63) is 11.2 Å². The van der Waals surface area contributed by atoms with Crippen LogP contribution >= 0.6 is 23.4 Å². The molecule has 2 rings (SSSR count). The third-order valence-corrected chi connectivity index (χ3v) is 3.17. The molecule has 1 aromatic rings. The molecule has 0 spiro atoms. The van der Waals surface area contributed by atoms with Crippen molar-refractivity contribution in [2.45, 2.75) is 24.0 Å². The van der Waals surface area contributed by atoms with Gasteiger partial charge in [0.15, 0.2) is 5.16 Å². The fraction of sp³-hybridized carbons (Fsp3) is 0.600. The summed E-state index contributed by atoms with van der Waals surface area (Å²) in [5, 5.41) is 4.43. The number of rotatable bonds is 4. The monoisotopic (exact) mass is 259 g/mol. The van der Waals surface area contributed by atoms with Crippen LogP contribution in [0.15, 0.2) is 11.2 Å². The van der Waals surface area contributed by atoms with Gasteiger partial charge in [0.05, 0.1) is 0 Å². The van der Waals surface area contributed by atoms with E-state index in [0.29, 0.717) is 28.8 Å². The van der Waals surface area contributed by atoms with E-state index in [1.165, 1.54) is 18.2 Å². The number of hydrogen-bond donors (Lipinski definition) is 1. The molecule has 1 aliphatic rings. The van der Waals surface area contributed by atoms with Crippen LogP contribution < -0.4 is 10.1 Å². The Morgan fingerprint density at radius 1 is 1.62 bits per heavy atom. The summed E-state index contributed by atoms with van der Waals surface area (Å²) in [6.45, 7) is 1.72. The summed E-state index contributed by atoms with van der Waals surface area (Å²) in [6, 6.07) is 2.09. The highest BCUT2D eigenvalue weighted by Gasteiger charge is 2.15. The number of ether oxygens (including phenoxy) is 1. The number of hydrogen-bond acceptors (Lipinski definition) is 5. The lowest BCUT2D eigenvalue weighted by Crippen LogP contribution is -2.28. The van der Waals surface area contributed by atoms with E-state index in [1.807, 2.05) is 6.26 Å². The van der Waals surface area contributed by atoms with Gasteiger partial charge in [0.1, 0.15) is 11.8 Å². The SMILES string of the molecule is CSc1nc(Cl)cc(OCC2CCCN2)n1. The van der Waals surface area contributed by atoms with Crippen LogP contribution in [0.3, 0.4) is 0 Å². The minimum Gasteiger partial charge on any atom is -0.476 e. The van der Waals surface area contributed by atoms with Gasteiger partial charge in [-0.25, -0.2) is 4.98 Å². The van der Waals surface area contributed by atoms with Crippen molar-refractivity contribution < 1.29 is 4.74 Å². The maximum Gasteiger partial charge on any atom is 0.218 e. The molecule has 16 heavy (non-hydrogen) atoms. The number of nitrogens with one attached hydrogen (secondary N) is 1. The standard InChI is InChI=1S/C10H14ClN3OS/c1-16-10-13-8(11)5-9(14-10)15-6-7-3-2-4-12-7/h5,7,12H,2-4,6H2,1H3. The maximum absolute atomic E-state index is 5.86. The Morgan fingerprint density at radius 2 is 2.50 bits per heavy atom. The summed E-state index contributed by atoms with van der Waals surface area (Å²) in [6.07, 6.45) is 4.29. The highest BCUT2D eigenvalue weighted by Crippen LogP contribution is 2.19. The van der Waals surface area contributed by atoms with Crippen molar-refractivity contribution in [1.29, 1.82) is 0 Å². The van der Waals surface area contributed by atoms with E-state index in [2.05, 4.69) is 15.3 Å². The highest BCUT2D eigenvalue weighted by atomic mass is 35.5. The van der Waals surface area contributed by atoms with Crippen molar-refractivity contribution in [3.63, 3.8) is 0 Å². The molecule has 0 bridgehead atoms. The molecule has 1 aromatic heterocycles. The fourth-order valence-electron chi connectivity index (χ4n) is 1.63. The summed E-state index contributed by atoms with van der Waals surface area (Å²) in [5.41, 5.74) is 0. The van der Waals surface area contributed by atoms with Gasteiger partial charge in [-0.3, -0.25) is 0 Å². The van der Waals surface area contributed by atoms with E-state index in [9.17, 15) is 0 Å². The molecule has 1 N–H and O–H groups in total. The molecule has 1 fully saturated rings. The zero-order valence-electron chi connectivity index (χ0n) is 9.07. The molecule has 2 heterocycles. The van der Waals surface area contributed by atoms with Crippen molar-refractivity contribution >= 4 is 23.4 Å². The minimum absolute atomic E-state index is 0.425. The van der Waals surface area contributed by atoms with E-state index in [1.54, 1.807) is 6.07 Å². The van der Waals surface area contributed by atoms with Gasteiger partial charge in [0.2, 0.25) is 5.88 Å². The van der Waals surface area contributed by atoms with Crippen LogP contribution in [0.1, 0.15) is 12.8 Å². The third-order valence-electron chi connectivity index (χ3n) is 2.43. The van der Waals surface area contributed by atoms with Gasteiger partial charge < -0.3 is 10.1 Å². The van der Waals surface area contributed by atoms with Crippen LogP contribution in [0.25, 0.3) is 0 Å². The molecule has 1 saturated heterocycles. The average molecular weight is 260 g/mol. The van der Waals surface area contributed by atoms with E-state index in [-0.39, 0.29) is 0 Å². The maximum atomic E-state index is 5.86. The first-order chi connectivity index (χ1) is 7.78. The lowest BCUT2D eigenvalue weighted by atomic mass is 10.2. The molecule has 88 valence electrons. The molecule has 0 saturated carbocycles. The Kier molecular flexibility index (Phi) is 4.26. The molecular weight excluding hydrogens is 246 g/mol. The Hall–Kier alpha value is -0.520. The molecular formula is C10H14ClN3OS. The van der Waals surface area contributed by atoms with Gasteiger partial charge in [0, 0.05) is 12.1 Å². The molecule has 1 unspecified atom stereocenters. The molecule has 0 aromatic carbocycles. The van der Waals surface area contributed by atoms with Gasteiger partial charge in [-0.1, -0.05) is 23.4 Å². The van der Waals surface area contributed by atoms with Crippen molar-refractivity contribution in [2.24, 2.45) is 0 Å². The predicted molar refractivity (Wildman–Crippen MR) is 65.3 cm³/mol. The Balaban J connectivity index is 1.94. The average Bonchev–Trinajstić information content (AvgIpc) is 2.78. The molecule has 1 aliphatic heterocycles. The molecule has 4 nitrogen and oxygen atoms in total. The van der Waals surface area contributed by atoms with Crippen molar-refractivity contribution in [2.75, 3.05) is 19.4 Å². The van der Waals surface area contributed by atoms with Crippen LogP contribution in [0.5, 0.6) is 5.88 Å². The van der Waals surface area contributed by atoms with Crippen LogP contribution in [0.2, 0.25) is 5.15 Å². The number of aromatic nitrogens is 2. The summed E-state index contributed by atoms with van der Waals surface area (Å²) in [4.78, 5) is 8.28. The van der Waals surface area contributed by atoms with E-state index >= 15 is 0 Å². The zero-order chi connectivity index (χ0) is 11.4. The number of thioether (sulfide) groups is 1. The van der Waals surface area contributed by atoms with Crippen LogP contribution in [-0.2, 0) is 0 Å². The van der Waals surface area contributed by atoms with Crippen LogP contribution in [0.4, 0.5) is 0 Å². The highest BCUT2D eigenvalue weighted by molar-refractivity contribution is 7.98. The smallest absolute Gasteiger partial charge is 0.218 e. The van der Waals surface area contributed by atoms with Gasteiger partial charge in [0.25, 0.3) is 0 Å². The zero-order valence-corrected chi connectivity index (χ0v) is 10.6. The van der Waals surface area contributed by atoms with Gasteiger partial charge in [-0.05, 0) is 25.6 Å². The third kappa shape index (κ3) is 3.23. The number of halogens is 1. The van der Waals surface area contributed by atoms with E-state index in [4.69, 9.17) is 16.3 Å². The quantitative estimate of drug-likeness (QED) is 0.509. The normalized spacial score (nSPS) is 20.0. The second-order valence-electron chi connectivity index (χ2n) is 3.62. The topological polar surface area (TPSA) is 47.0 Å². The Morgan fingerprint density at radius 3 is 3.19 bits per heavy atom. The Labute approximate surface area is 104 Å². The second kappa shape index (κ2) is 5.70. The van der Waals surface area contributed by atoms with Crippen molar-refractivity contribution in [1.82, 2.24) is 15.3 Å². The second-order valence-corrected chi connectivity index (χ2v) is 4.78. The molecule has 0 amide bonds. The minimum atomic E-state index is 0.425. The predicted octanol–water partition coefficient (Wildman–Crippen LogP) is 1.98. The van der Waals surface area contributed by atoms with Gasteiger partial charge >= 0.3 is 0 Å². The molecule has 0 aliphatic carbocycles. The van der Waals surface area contributed by atoms with E-state index < -0.39 is 0 Å². The van der Waals surface area contributed by atoms with Gasteiger partial charge in [-0.2, -0.15) is 4.98 Å². The summed E-state index contributed by atoms with van der Waals surface area (Å²) in [7, 11) is 0. The van der Waals surface area contributed by atoms with Crippen LogP contribution in [-0.4, -0.2) is 35.4 Å². The Bertz CT molecular complexity index is 358. The van der Waals surface area contributed by atoms with E-state index in [0.717, 1.165) is 13.0 Å². The molecule has 1 atom stereocenters. The van der Waals surface area contributed by atoms with Crippen molar-refractivity contribution in [3.8, 4) is 5.88 Å². The summed E-state index contributed by atoms with van der Waals surface area (Å²) < 4.78 is 5.60. The lowest BCUT2D eigenvalue weighted by Gasteiger charge is -2.11. The first kappa shape index (κ1) is 12.0. The molecule has 6 heteroatoms. The number of nitrogens with zero attached hydrogens (tertiary/aromatic N) is 2. The summed E-state index contributed by atoms with van der Waals surface area (Å²) >= 11 is 7.32. The summed E-state index contributed by atoms with van der Waals surface area (Å²) in [5.74, 6) is 0.554. The van der Waals surface area contributed by atoms with Gasteiger partial charge in [-0.15, -0.1) is 0 Å². The first-order valence-corrected chi connectivity index (χ1v) is 6.83. The largest absolute Gasteiger partial charge is 0.476 e. The molecule has 0 radical (unpaired) electrons. The fourth-order valence-corrected chi connectivity index (χ4v) is 2.22. The lowest BCUT2D eigenvalue weighted by molar-refractivity contribution is 0.265. The van der Waals surface area contributed by atoms with Crippen LogP contribution in [0, 0.1) is 0 Å². The first-order valence-electron chi connectivity index (χ1n) is 5.22.